The highest BCUT2D eigenvalue weighted by molar-refractivity contribution is 7.67. The minimum absolute atomic E-state index is 0.0374. The molecule has 0 aliphatic carbocycles. The number of hydrogen-bond acceptors (Lipinski definition) is 5. The van der Waals surface area contributed by atoms with Gasteiger partial charge in [-0.25, -0.2) is 0 Å². The van der Waals surface area contributed by atoms with E-state index in [-0.39, 0.29) is 22.7 Å². The zero-order valence-corrected chi connectivity index (χ0v) is 13.5. The van der Waals surface area contributed by atoms with Crippen LogP contribution in [0.4, 0.5) is 0 Å². The van der Waals surface area contributed by atoms with Gasteiger partial charge in [-0.15, -0.1) is 0 Å². The third-order valence-electron chi connectivity index (χ3n) is 2.49. The Labute approximate surface area is 124 Å². The molecule has 0 saturated heterocycles. The van der Waals surface area contributed by atoms with Crippen molar-refractivity contribution < 1.29 is 23.7 Å². The predicted molar refractivity (Wildman–Crippen MR) is 79.0 cm³/mol. The Morgan fingerprint density at radius 2 is 1.80 bits per heavy atom. The van der Waals surface area contributed by atoms with E-state index in [1.807, 2.05) is 0 Å². The molecule has 0 aromatic heterocycles. The Kier molecular flexibility index (Phi) is 7.00. The zero-order chi connectivity index (χ0) is 15.2. The summed E-state index contributed by atoms with van der Waals surface area (Å²) in [5, 5.41) is 10.2. The molecule has 1 N–H and O–H groups in total. The first-order valence-corrected chi connectivity index (χ1v) is 8.53. The monoisotopic (exact) mass is 322 g/mol. The Hall–Kier alpha value is -0.580. The molecule has 0 fully saturated rings. The van der Waals surface area contributed by atoms with Crippen LogP contribution in [0.1, 0.15) is 20.8 Å². The number of halogens is 1. The second-order valence-electron chi connectivity index (χ2n) is 3.84. The normalized spacial score (nSPS) is 14.4. The largest absolute Gasteiger partial charge is 0.507 e. The van der Waals surface area contributed by atoms with Crippen LogP contribution in [-0.4, -0.2) is 31.0 Å². The zero-order valence-electron chi connectivity index (χ0n) is 11.8. The molecule has 0 saturated carbocycles. The number of phenols is 1. The minimum atomic E-state index is -3.62. The van der Waals surface area contributed by atoms with Crippen molar-refractivity contribution in [1.29, 1.82) is 0 Å². The second-order valence-corrected chi connectivity index (χ2v) is 6.57. The standard InChI is InChI=1S/C13H20ClO5P/c1-4-17-13(18-5-2)20(16,19-6-3)12-10(14)8-7-9-11(12)15/h7-9,13,15H,4-6H2,1-3H3. The molecule has 0 spiro atoms. The number of aromatic hydroxyl groups is 1. The molecule has 1 unspecified atom stereocenters. The Morgan fingerprint density at radius 1 is 1.20 bits per heavy atom. The van der Waals surface area contributed by atoms with Crippen molar-refractivity contribution in [1.82, 2.24) is 0 Å². The summed E-state index contributed by atoms with van der Waals surface area (Å²) < 4.78 is 29.4. The van der Waals surface area contributed by atoms with Crippen molar-refractivity contribution in [2.45, 2.75) is 26.8 Å². The lowest BCUT2D eigenvalue weighted by atomic mass is 10.3. The predicted octanol–water partition coefficient (Wildman–Crippen LogP) is 3.34. The SMILES string of the molecule is CCOC(OCC)P(=O)(OCC)c1c(O)cccc1Cl. The first-order chi connectivity index (χ1) is 9.51. The maximum absolute atomic E-state index is 13.2. The van der Waals surface area contributed by atoms with E-state index in [1.165, 1.54) is 12.1 Å². The van der Waals surface area contributed by atoms with Gasteiger partial charge < -0.3 is 19.1 Å². The second kappa shape index (κ2) is 8.01. The smallest absolute Gasteiger partial charge is 0.291 e. The summed E-state index contributed by atoms with van der Waals surface area (Å²) in [5.74, 6) is -0.196. The molecule has 1 rings (SSSR count). The molecule has 7 heteroatoms. The fraction of sp³-hybridized carbons (Fsp3) is 0.538. The Balaban J connectivity index is 3.35. The number of phenolic OH excluding ortho intramolecular Hbond substituents is 1. The van der Waals surface area contributed by atoms with Crippen LogP contribution < -0.4 is 5.30 Å². The van der Waals surface area contributed by atoms with Crippen LogP contribution in [-0.2, 0) is 18.6 Å². The third kappa shape index (κ3) is 3.74. The van der Waals surface area contributed by atoms with Crippen LogP contribution in [0.25, 0.3) is 0 Å². The summed E-state index contributed by atoms with van der Waals surface area (Å²) in [6.45, 7) is 6.00. The quantitative estimate of drug-likeness (QED) is 0.587. The van der Waals surface area contributed by atoms with Crippen molar-refractivity contribution in [3.8, 4) is 5.75 Å². The van der Waals surface area contributed by atoms with Gasteiger partial charge in [0.2, 0.25) is 6.03 Å². The molecule has 0 heterocycles. The molecule has 5 nitrogen and oxygen atoms in total. The van der Waals surface area contributed by atoms with Crippen LogP contribution >= 0.6 is 19.0 Å². The molecule has 0 bridgehead atoms. The molecule has 1 aromatic carbocycles. The van der Waals surface area contributed by atoms with Gasteiger partial charge in [0.1, 0.15) is 11.1 Å². The maximum atomic E-state index is 13.2. The molecule has 1 aromatic rings. The number of ether oxygens (including phenoxy) is 2. The fourth-order valence-electron chi connectivity index (χ4n) is 1.76. The minimum Gasteiger partial charge on any atom is -0.507 e. The van der Waals surface area contributed by atoms with Crippen LogP contribution in [0.2, 0.25) is 5.02 Å². The van der Waals surface area contributed by atoms with E-state index in [1.54, 1.807) is 26.8 Å². The number of benzene rings is 1. The molecule has 114 valence electrons. The highest BCUT2D eigenvalue weighted by Crippen LogP contribution is 2.55. The van der Waals surface area contributed by atoms with E-state index < -0.39 is 13.4 Å². The molecular formula is C13H20ClO5P. The van der Waals surface area contributed by atoms with Gasteiger partial charge in [0.25, 0.3) is 7.37 Å². The first-order valence-electron chi connectivity index (χ1n) is 6.46. The topological polar surface area (TPSA) is 65.0 Å². The van der Waals surface area contributed by atoms with Gasteiger partial charge in [0.05, 0.1) is 11.6 Å². The lowest BCUT2D eigenvalue weighted by molar-refractivity contribution is -0.0876. The highest BCUT2D eigenvalue weighted by Gasteiger charge is 2.41. The third-order valence-corrected chi connectivity index (χ3v) is 5.53. The summed E-state index contributed by atoms with van der Waals surface area (Å²) >= 11 is 6.07. The molecule has 20 heavy (non-hydrogen) atoms. The van der Waals surface area contributed by atoms with E-state index >= 15 is 0 Å². The van der Waals surface area contributed by atoms with E-state index in [2.05, 4.69) is 0 Å². The molecule has 0 aliphatic heterocycles. The van der Waals surface area contributed by atoms with E-state index in [9.17, 15) is 9.67 Å². The maximum Gasteiger partial charge on any atom is 0.291 e. The van der Waals surface area contributed by atoms with Gasteiger partial charge in [-0.05, 0) is 32.9 Å². The van der Waals surface area contributed by atoms with E-state index in [0.717, 1.165) is 0 Å². The summed E-state index contributed by atoms with van der Waals surface area (Å²) in [7, 11) is -3.62. The number of hydrogen-bond donors (Lipinski definition) is 1. The summed E-state index contributed by atoms with van der Waals surface area (Å²) in [6.07, 6.45) is 0. The van der Waals surface area contributed by atoms with Gasteiger partial charge in [-0.2, -0.15) is 0 Å². The average molecular weight is 323 g/mol. The van der Waals surface area contributed by atoms with Gasteiger partial charge in [0, 0.05) is 13.2 Å². The van der Waals surface area contributed by atoms with Crippen LogP contribution in [0.3, 0.4) is 0 Å². The lowest BCUT2D eigenvalue weighted by Crippen LogP contribution is -2.26. The molecule has 0 amide bonds. The van der Waals surface area contributed by atoms with Crippen molar-refractivity contribution in [2.24, 2.45) is 0 Å². The molecule has 0 aliphatic rings. The van der Waals surface area contributed by atoms with Gasteiger partial charge in [-0.3, -0.25) is 4.57 Å². The Bertz CT molecular complexity index is 454. The average Bonchev–Trinajstić information content (AvgIpc) is 2.38. The Morgan fingerprint density at radius 3 is 2.25 bits per heavy atom. The van der Waals surface area contributed by atoms with Crippen molar-refractivity contribution >= 4 is 24.3 Å². The van der Waals surface area contributed by atoms with Crippen LogP contribution in [0, 0.1) is 0 Å². The van der Waals surface area contributed by atoms with Gasteiger partial charge in [-0.1, -0.05) is 17.7 Å². The molecular weight excluding hydrogens is 303 g/mol. The van der Waals surface area contributed by atoms with Crippen LogP contribution in [0.5, 0.6) is 5.75 Å². The van der Waals surface area contributed by atoms with Crippen molar-refractivity contribution in [2.75, 3.05) is 19.8 Å². The van der Waals surface area contributed by atoms with Gasteiger partial charge >= 0.3 is 0 Å². The number of rotatable bonds is 8. The molecule has 0 radical (unpaired) electrons. The summed E-state index contributed by atoms with van der Waals surface area (Å²) in [5.41, 5.74) is 0. The van der Waals surface area contributed by atoms with Crippen LogP contribution in [0.15, 0.2) is 18.2 Å². The van der Waals surface area contributed by atoms with E-state index in [0.29, 0.717) is 13.2 Å². The van der Waals surface area contributed by atoms with Crippen molar-refractivity contribution in [3.63, 3.8) is 0 Å². The lowest BCUT2D eigenvalue weighted by Gasteiger charge is -2.27. The van der Waals surface area contributed by atoms with E-state index in [4.69, 9.17) is 25.6 Å². The first kappa shape index (κ1) is 17.5. The molecule has 1 atom stereocenters. The van der Waals surface area contributed by atoms with Gasteiger partial charge in [0.15, 0.2) is 0 Å². The summed E-state index contributed by atoms with van der Waals surface area (Å²) in [6, 6.07) is 3.41. The fourth-order valence-corrected chi connectivity index (χ4v) is 4.59. The van der Waals surface area contributed by atoms with Crippen molar-refractivity contribution in [3.05, 3.63) is 23.2 Å². The highest BCUT2D eigenvalue weighted by atomic mass is 35.5. The summed E-state index contributed by atoms with van der Waals surface area (Å²) in [4.78, 5) is 0.